The molecule has 2 rings (SSSR count). The molecule has 0 aromatic carbocycles. The fraction of sp³-hybridized carbons (Fsp3) is 0.808. The van der Waals surface area contributed by atoms with Crippen LogP contribution in [0.3, 0.4) is 0 Å². The normalized spacial score (nSPS) is 17.7. The lowest BCUT2D eigenvalue weighted by atomic mass is 9.89. The highest BCUT2D eigenvalue weighted by atomic mass is 16.8. The molecule has 0 spiro atoms. The van der Waals surface area contributed by atoms with Gasteiger partial charge >= 0.3 is 11.9 Å². The number of hydroxylamine groups is 4. The summed E-state index contributed by atoms with van der Waals surface area (Å²) in [6.45, 7) is 6.02. The molecule has 202 valence electrons. The van der Waals surface area contributed by atoms with E-state index in [0.717, 1.165) is 44.9 Å². The van der Waals surface area contributed by atoms with Crippen LogP contribution in [0.2, 0.25) is 0 Å². The van der Waals surface area contributed by atoms with Gasteiger partial charge in [0.1, 0.15) is 0 Å². The number of esters is 2. The van der Waals surface area contributed by atoms with Gasteiger partial charge in [0.2, 0.25) is 12.7 Å². The van der Waals surface area contributed by atoms with Crippen molar-refractivity contribution >= 4 is 17.8 Å². The van der Waals surface area contributed by atoms with E-state index in [0.29, 0.717) is 17.6 Å². The Balaban J connectivity index is 0.000000379. The molecule has 1 N–H and O–H groups in total. The summed E-state index contributed by atoms with van der Waals surface area (Å²) in [7, 11) is 1.63. The zero-order valence-corrected chi connectivity index (χ0v) is 22.1. The van der Waals surface area contributed by atoms with E-state index in [9.17, 15) is 14.4 Å². The number of carbonyl (C=O) groups excluding carboxylic acids is 3. The maximum absolute atomic E-state index is 11.7. The minimum absolute atomic E-state index is 0.00159. The van der Waals surface area contributed by atoms with Gasteiger partial charge in [0.05, 0.1) is 25.0 Å². The van der Waals surface area contributed by atoms with Gasteiger partial charge in [-0.3, -0.25) is 24.7 Å². The fourth-order valence-corrected chi connectivity index (χ4v) is 3.89. The summed E-state index contributed by atoms with van der Waals surface area (Å²) in [5.74, 6) is 0.108. The van der Waals surface area contributed by atoms with Crippen molar-refractivity contribution in [2.45, 2.75) is 91.4 Å². The third-order valence-corrected chi connectivity index (χ3v) is 6.50. The number of nitrogens with zero attached hydrogens (tertiary/aromatic N) is 2. The number of ether oxygens (including phenoxy) is 2. The van der Waals surface area contributed by atoms with Gasteiger partial charge in [-0.1, -0.05) is 58.8 Å². The molecule has 1 amide bonds. The molecule has 2 aliphatic carbocycles. The summed E-state index contributed by atoms with van der Waals surface area (Å²) in [6, 6.07) is 0. The van der Waals surface area contributed by atoms with E-state index in [1.54, 1.807) is 13.1 Å². The number of hydrogen-bond donors (Lipinski definition) is 1. The summed E-state index contributed by atoms with van der Waals surface area (Å²) in [6.07, 6.45) is 15.1. The van der Waals surface area contributed by atoms with E-state index in [-0.39, 0.29) is 37.1 Å². The quantitative estimate of drug-likeness (QED) is 0.187. The monoisotopic (exact) mass is 498 g/mol. The molecule has 0 aromatic heterocycles. The molecule has 0 bridgehead atoms. The van der Waals surface area contributed by atoms with Crippen LogP contribution >= 0.6 is 0 Å². The first kappa shape index (κ1) is 30.9. The average molecular weight is 499 g/mol. The van der Waals surface area contributed by atoms with Gasteiger partial charge in [0.15, 0.2) is 0 Å². The van der Waals surface area contributed by atoms with E-state index in [4.69, 9.17) is 19.5 Å². The Bertz CT molecular complexity index is 644. The second kappa shape index (κ2) is 18.2. The van der Waals surface area contributed by atoms with Crippen LogP contribution < -0.4 is 0 Å². The highest BCUT2D eigenvalue weighted by Crippen LogP contribution is 2.25. The Hall–Kier alpha value is -2.13. The molecule has 0 radical (unpaired) electrons. The van der Waals surface area contributed by atoms with Crippen molar-refractivity contribution in [3.63, 3.8) is 0 Å². The Kier molecular flexibility index (Phi) is 16.1. The zero-order chi connectivity index (χ0) is 26.1. The summed E-state index contributed by atoms with van der Waals surface area (Å²) in [5.41, 5.74) is 0. The van der Waals surface area contributed by atoms with Crippen molar-refractivity contribution in [1.29, 1.82) is 0 Å². The van der Waals surface area contributed by atoms with Crippen molar-refractivity contribution in [3.05, 3.63) is 12.3 Å². The second-order valence-electron chi connectivity index (χ2n) is 9.56. The van der Waals surface area contributed by atoms with Crippen molar-refractivity contribution in [1.82, 2.24) is 10.1 Å². The van der Waals surface area contributed by atoms with Crippen LogP contribution in [0.15, 0.2) is 12.3 Å². The molecule has 1 atom stereocenters. The highest BCUT2D eigenvalue weighted by molar-refractivity contribution is 5.73. The smallest absolute Gasteiger partial charge is 0.311 e. The first-order chi connectivity index (χ1) is 16.7. The van der Waals surface area contributed by atoms with Crippen LogP contribution in [-0.2, 0) is 28.7 Å². The van der Waals surface area contributed by atoms with Gasteiger partial charge in [-0.15, -0.1) is 0 Å². The molecule has 0 aromatic rings. The highest BCUT2D eigenvalue weighted by Gasteiger charge is 2.23. The van der Waals surface area contributed by atoms with E-state index in [1.807, 2.05) is 0 Å². The Morgan fingerprint density at radius 3 is 1.94 bits per heavy atom. The minimum atomic E-state index is -0.440. The Morgan fingerprint density at radius 1 is 0.943 bits per heavy atom. The average Bonchev–Trinajstić information content (AvgIpc) is 2.88. The van der Waals surface area contributed by atoms with Crippen molar-refractivity contribution in [2.75, 3.05) is 27.0 Å². The number of hydrogen-bond acceptors (Lipinski definition) is 8. The van der Waals surface area contributed by atoms with Crippen molar-refractivity contribution in [2.24, 2.45) is 17.8 Å². The minimum Gasteiger partial charge on any atom is -0.465 e. The Morgan fingerprint density at radius 2 is 1.46 bits per heavy atom. The first-order valence-corrected chi connectivity index (χ1v) is 13.1. The molecule has 9 heteroatoms. The van der Waals surface area contributed by atoms with Crippen molar-refractivity contribution < 1.29 is 33.9 Å². The molecule has 0 aliphatic heterocycles. The molecular formula is C26H46N2O7. The topological polar surface area (TPSA) is 106 Å². The summed E-state index contributed by atoms with van der Waals surface area (Å²) in [4.78, 5) is 39.3. The maximum Gasteiger partial charge on any atom is 0.311 e. The molecular weight excluding hydrogens is 452 g/mol. The lowest BCUT2D eigenvalue weighted by Gasteiger charge is -2.20. The van der Waals surface area contributed by atoms with Gasteiger partial charge < -0.3 is 9.47 Å². The number of amides is 1. The predicted molar refractivity (Wildman–Crippen MR) is 132 cm³/mol. The van der Waals surface area contributed by atoms with E-state index in [1.165, 1.54) is 43.9 Å². The van der Waals surface area contributed by atoms with Crippen LogP contribution in [0.1, 0.15) is 91.4 Å². The first-order valence-electron chi connectivity index (χ1n) is 13.1. The molecule has 35 heavy (non-hydrogen) atoms. The molecule has 2 aliphatic rings. The van der Waals surface area contributed by atoms with E-state index in [2.05, 4.69) is 13.8 Å². The van der Waals surface area contributed by atoms with Gasteiger partial charge in [-0.25, -0.2) is 9.90 Å². The molecule has 0 heterocycles. The van der Waals surface area contributed by atoms with Gasteiger partial charge in [-0.2, -0.15) is 0 Å². The van der Waals surface area contributed by atoms with Crippen molar-refractivity contribution in [3.8, 4) is 0 Å². The van der Waals surface area contributed by atoms with Gasteiger partial charge in [0, 0.05) is 20.2 Å². The number of carbonyl (C=O) groups is 3. The number of rotatable bonds is 11. The predicted octanol–water partition coefficient (Wildman–Crippen LogP) is 4.84. The fourth-order valence-electron chi connectivity index (χ4n) is 3.89. The molecule has 2 fully saturated rings. The Labute approximate surface area is 210 Å². The summed E-state index contributed by atoms with van der Waals surface area (Å²) in [5, 5.41) is 11.1. The third kappa shape index (κ3) is 14.1. The standard InChI is InChI=1S/C14H24N2O5.C12H22O2/c1-12(17)16(19)10-6-9-15(2)21-11-20-14(18)13-7-4-3-5-8-13;1-3-10(2)9-14-12(13)11-7-5-4-6-8-11/h6,9,13,19H,3-5,7-8,10-11H2,1-2H3;10-11H,3-9H2,1-2H3/b9-6+;. The summed E-state index contributed by atoms with van der Waals surface area (Å²) < 4.78 is 10.4. The van der Waals surface area contributed by atoms with Crippen LogP contribution in [0.25, 0.3) is 0 Å². The van der Waals surface area contributed by atoms with E-state index >= 15 is 0 Å². The van der Waals surface area contributed by atoms with Crippen LogP contribution in [-0.4, -0.2) is 60.2 Å². The second-order valence-corrected chi connectivity index (χ2v) is 9.56. The molecule has 0 saturated heterocycles. The lowest BCUT2D eigenvalue weighted by molar-refractivity contribution is -0.199. The maximum atomic E-state index is 11.7. The lowest BCUT2D eigenvalue weighted by Crippen LogP contribution is -2.25. The third-order valence-electron chi connectivity index (χ3n) is 6.50. The van der Waals surface area contributed by atoms with Gasteiger partial charge in [-0.05, 0) is 37.7 Å². The SMILES string of the molecule is CC(=O)N(O)C/C=C/N(C)OCOC(=O)C1CCCCC1.CCC(C)COC(=O)C1CCCCC1. The largest absolute Gasteiger partial charge is 0.465 e. The molecule has 2 saturated carbocycles. The van der Waals surface area contributed by atoms with Gasteiger partial charge in [0.25, 0.3) is 0 Å². The van der Waals surface area contributed by atoms with Crippen LogP contribution in [0.4, 0.5) is 0 Å². The zero-order valence-electron chi connectivity index (χ0n) is 22.1. The molecule has 1 unspecified atom stereocenters. The van der Waals surface area contributed by atoms with Crippen LogP contribution in [0.5, 0.6) is 0 Å². The summed E-state index contributed by atoms with van der Waals surface area (Å²) >= 11 is 0. The molecule has 9 nitrogen and oxygen atoms in total. The van der Waals surface area contributed by atoms with E-state index < -0.39 is 5.91 Å². The van der Waals surface area contributed by atoms with Crippen LogP contribution in [0, 0.1) is 17.8 Å².